The monoisotopic (exact) mass is 353 g/mol. The summed E-state index contributed by atoms with van der Waals surface area (Å²) in [4.78, 5) is 11.8. The minimum absolute atomic E-state index is 0.205. The fourth-order valence-electron chi connectivity index (χ4n) is 3.16. The molecule has 148 valence electrons. The molecule has 0 saturated carbocycles. The number of rotatable bonds is 18. The van der Waals surface area contributed by atoms with Crippen LogP contribution in [0.15, 0.2) is 12.7 Å². The van der Waals surface area contributed by atoms with Crippen molar-refractivity contribution in [1.29, 1.82) is 0 Å². The molecule has 0 aromatic heterocycles. The molecular weight excluding hydrogens is 310 g/mol. The first-order valence-corrected chi connectivity index (χ1v) is 10.7. The molecule has 0 fully saturated rings. The highest BCUT2D eigenvalue weighted by molar-refractivity contribution is 5.74. The molecule has 0 saturated heterocycles. The summed E-state index contributed by atoms with van der Waals surface area (Å²) in [5, 5.41) is 0. The molecule has 2 N–H and O–H groups in total. The first-order valence-electron chi connectivity index (χ1n) is 10.7. The predicted octanol–water partition coefficient (Wildman–Crippen LogP) is 6.51. The van der Waals surface area contributed by atoms with E-state index in [1.807, 2.05) is 0 Å². The van der Waals surface area contributed by atoms with Crippen molar-refractivity contribution in [1.82, 2.24) is 0 Å². The van der Waals surface area contributed by atoms with Crippen molar-refractivity contribution in [3.8, 4) is 0 Å². The van der Waals surface area contributed by atoms with Gasteiger partial charge in [-0.3, -0.25) is 10.5 Å². The van der Waals surface area contributed by atoms with Gasteiger partial charge >= 0.3 is 5.97 Å². The van der Waals surface area contributed by atoms with Gasteiger partial charge in [-0.1, -0.05) is 103 Å². The van der Waals surface area contributed by atoms with Crippen LogP contribution in [0.4, 0.5) is 0 Å². The smallest absolute Gasteiger partial charge is 0.314 e. The number of nitrogens with two attached hydrogens (primary N) is 1. The number of unbranched alkanes of at least 4 members (excludes halogenated alkanes) is 13. The summed E-state index contributed by atoms with van der Waals surface area (Å²) in [6.07, 6.45) is 20.8. The molecule has 3 nitrogen and oxygen atoms in total. The normalized spacial score (nSPS) is 13.4. The number of ether oxygens (including phenoxy) is 1. The van der Waals surface area contributed by atoms with Gasteiger partial charge in [0.05, 0.1) is 5.92 Å². The summed E-state index contributed by atoms with van der Waals surface area (Å²) in [5.74, 6) is -0.442. The van der Waals surface area contributed by atoms with E-state index in [0.717, 1.165) is 12.8 Å². The van der Waals surface area contributed by atoms with Gasteiger partial charge in [-0.2, -0.15) is 0 Å². The van der Waals surface area contributed by atoms with Crippen LogP contribution in [0, 0.1) is 5.92 Å². The van der Waals surface area contributed by atoms with E-state index in [1.54, 1.807) is 13.0 Å². The first-order chi connectivity index (χ1) is 12.1. The van der Waals surface area contributed by atoms with Crippen LogP contribution in [0.5, 0.6) is 0 Å². The van der Waals surface area contributed by atoms with Crippen molar-refractivity contribution < 1.29 is 9.53 Å². The van der Waals surface area contributed by atoms with Gasteiger partial charge in [-0.15, -0.1) is 6.58 Å². The van der Waals surface area contributed by atoms with Gasteiger partial charge in [0.15, 0.2) is 0 Å². The largest absolute Gasteiger partial charge is 0.447 e. The molecule has 0 aromatic rings. The van der Waals surface area contributed by atoms with E-state index in [-0.39, 0.29) is 11.9 Å². The zero-order valence-corrected chi connectivity index (χ0v) is 16.9. The van der Waals surface area contributed by atoms with Crippen molar-refractivity contribution in [3.05, 3.63) is 12.7 Å². The molecule has 0 amide bonds. The maximum atomic E-state index is 11.8. The zero-order chi connectivity index (χ0) is 18.8. The van der Waals surface area contributed by atoms with Gasteiger partial charge in [0.1, 0.15) is 6.23 Å². The Morgan fingerprint density at radius 2 is 1.28 bits per heavy atom. The second kappa shape index (κ2) is 18.0. The molecule has 0 aliphatic heterocycles. The number of hydrogen-bond donors (Lipinski definition) is 1. The SMILES string of the molecule is C=CC(CCCCCCCCCCCCCCCC)C(=O)OC(C)N. The van der Waals surface area contributed by atoms with Crippen LogP contribution in [-0.4, -0.2) is 12.2 Å². The van der Waals surface area contributed by atoms with Crippen LogP contribution < -0.4 is 5.73 Å². The van der Waals surface area contributed by atoms with Gasteiger partial charge in [0.2, 0.25) is 0 Å². The van der Waals surface area contributed by atoms with E-state index in [0.29, 0.717) is 0 Å². The minimum Gasteiger partial charge on any atom is -0.447 e. The van der Waals surface area contributed by atoms with E-state index >= 15 is 0 Å². The Morgan fingerprint density at radius 1 is 0.880 bits per heavy atom. The van der Waals surface area contributed by atoms with E-state index in [4.69, 9.17) is 10.5 Å². The lowest BCUT2D eigenvalue weighted by molar-refractivity contribution is -0.151. The lowest BCUT2D eigenvalue weighted by Crippen LogP contribution is -2.27. The number of hydrogen-bond acceptors (Lipinski definition) is 3. The Morgan fingerprint density at radius 3 is 1.64 bits per heavy atom. The van der Waals surface area contributed by atoms with Crippen molar-refractivity contribution in [2.75, 3.05) is 0 Å². The Balaban J connectivity index is 3.35. The molecule has 0 aliphatic rings. The third kappa shape index (κ3) is 16.4. The molecule has 2 unspecified atom stereocenters. The Bertz CT molecular complexity index is 315. The molecular formula is C22H43NO2. The predicted molar refractivity (Wildman–Crippen MR) is 108 cm³/mol. The number of esters is 1. The third-order valence-corrected chi connectivity index (χ3v) is 4.76. The van der Waals surface area contributed by atoms with Crippen molar-refractivity contribution >= 4 is 5.97 Å². The quantitative estimate of drug-likeness (QED) is 0.132. The zero-order valence-electron chi connectivity index (χ0n) is 16.9. The molecule has 0 bridgehead atoms. The van der Waals surface area contributed by atoms with Crippen LogP contribution in [0.1, 0.15) is 110 Å². The maximum Gasteiger partial charge on any atom is 0.314 e. The third-order valence-electron chi connectivity index (χ3n) is 4.76. The highest BCUT2D eigenvalue weighted by Gasteiger charge is 2.17. The van der Waals surface area contributed by atoms with Crippen molar-refractivity contribution in [2.24, 2.45) is 11.7 Å². The van der Waals surface area contributed by atoms with E-state index in [9.17, 15) is 4.79 Å². The number of carbonyl (C=O) groups is 1. The van der Waals surface area contributed by atoms with Crippen molar-refractivity contribution in [3.63, 3.8) is 0 Å². The van der Waals surface area contributed by atoms with Gasteiger partial charge < -0.3 is 4.74 Å². The summed E-state index contributed by atoms with van der Waals surface area (Å²) in [7, 11) is 0. The van der Waals surface area contributed by atoms with Crippen LogP contribution in [-0.2, 0) is 9.53 Å². The average Bonchev–Trinajstić information content (AvgIpc) is 2.57. The molecule has 0 aliphatic carbocycles. The van der Waals surface area contributed by atoms with Gasteiger partial charge in [0.25, 0.3) is 0 Å². The topological polar surface area (TPSA) is 52.3 Å². The summed E-state index contributed by atoms with van der Waals surface area (Å²) < 4.78 is 5.04. The molecule has 0 radical (unpaired) electrons. The minimum atomic E-state index is -0.536. The molecule has 3 heteroatoms. The highest BCUT2D eigenvalue weighted by Crippen LogP contribution is 2.16. The molecule has 25 heavy (non-hydrogen) atoms. The fraction of sp³-hybridized carbons (Fsp3) is 0.864. The van der Waals surface area contributed by atoms with E-state index in [2.05, 4.69) is 13.5 Å². The first kappa shape index (κ1) is 24.2. The molecule has 0 spiro atoms. The summed E-state index contributed by atoms with van der Waals surface area (Å²) in [6.45, 7) is 7.68. The van der Waals surface area contributed by atoms with E-state index < -0.39 is 6.23 Å². The van der Waals surface area contributed by atoms with Crippen LogP contribution in [0.25, 0.3) is 0 Å². The lowest BCUT2D eigenvalue weighted by atomic mass is 10.00. The van der Waals surface area contributed by atoms with Crippen LogP contribution in [0.2, 0.25) is 0 Å². The average molecular weight is 354 g/mol. The summed E-state index contributed by atoms with van der Waals surface area (Å²) >= 11 is 0. The standard InChI is InChI=1S/C22H43NO2/c1-4-6-7-8-9-10-11-12-13-14-15-16-17-18-19-21(5-2)22(24)25-20(3)23/h5,20-21H,2,4,6-19,23H2,1,3H3. The molecule has 0 aromatic carbocycles. The summed E-state index contributed by atoms with van der Waals surface area (Å²) in [5.41, 5.74) is 5.49. The van der Waals surface area contributed by atoms with Gasteiger partial charge in [-0.05, 0) is 13.3 Å². The molecule has 2 atom stereocenters. The van der Waals surface area contributed by atoms with E-state index in [1.165, 1.54) is 83.5 Å². The second-order valence-corrected chi connectivity index (χ2v) is 7.37. The molecule has 0 rings (SSSR count). The second-order valence-electron chi connectivity index (χ2n) is 7.37. The number of carbonyl (C=O) groups excluding carboxylic acids is 1. The fourth-order valence-corrected chi connectivity index (χ4v) is 3.16. The highest BCUT2D eigenvalue weighted by atomic mass is 16.6. The molecule has 0 heterocycles. The van der Waals surface area contributed by atoms with Crippen molar-refractivity contribution in [2.45, 2.75) is 116 Å². The Kier molecular flexibility index (Phi) is 17.4. The van der Waals surface area contributed by atoms with Gasteiger partial charge in [-0.25, -0.2) is 0 Å². The lowest BCUT2D eigenvalue weighted by Gasteiger charge is -2.14. The summed E-state index contributed by atoms with van der Waals surface area (Å²) in [6, 6.07) is 0. The Labute approximate surface area is 156 Å². The van der Waals surface area contributed by atoms with Crippen LogP contribution >= 0.6 is 0 Å². The van der Waals surface area contributed by atoms with Gasteiger partial charge in [0, 0.05) is 0 Å². The maximum absolute atomic E-state index is 11.8. The van der Waals surface area contributed by atoms with Crippen LogP contribution in [0.3, 0.4) is 0 Å². The Hall–Kier alpha value is -0.830.